The quantitative estimate of drug-likeness (QED) is 0.765. The maximum atomic E-state index is 12.2. The van der Waals surface area contributed by atoms with Crippen LogP contribution in [0, 0.1) is 0 Å². The van der Waals surface area contributed by atoms with E-state index >= 15 is 0 Å². The Hall–Kier alpha value is -3.02. The Morgan fingerprint density at radius 2 is 1.92 bits per heavy atom. The number of carbonyl (C=O) groups is 1. The first kappa shape index (κ1) is 15.9. The van der Waals surface area contributed by atoms with Gasteiger partial charge in [0.25, 0.3) is 0 Å². The summed E-state index contributed by atoms with van der Waals surface area (Å²) in [6.45, 7) is 4.45. The molecule has 0 radical (unpaired) electrons. The number of hydrogen-bond donors (Lipinski definition) is 2. The van der Waals surface area contributed by atoms with Crippen LogP contribution in [-0.2, 0) is 13.0 Å². The zero-order valence-corrected chi connectivity index (χ0v) is 13.6. The predicted octanol–water partition coefficient (Wildman–Crippen LogP) is 3.82. The molecule has 0 aliphatic rings. The first-order valence-corrected chi connectivity index (χ1v) is 7.91. The monoisotopic (exact) mass is 325 g/mol. The second-order valence-corrected chi connectivity index (χ2v) is 5.38. The van der Waals surface area contributed by atoms with Gasteiger partial charge in [-0.2, -0.15) is 0 Å². The number of nitrogens with zero attached hydrogens (tertiary/aromatic N) is 1. The highest BCUT2D eigenvalue weighted by atomic mass is 16.4. The average molecular weight is 325 g/mol. The van der Waals surface area contributed by atoms with Crippen molar-refractivity contribution in [3.63, 3.8) is 0 Å². The van der Waals surface area contributed by atoms with Crippen molar-refractivity contribution >= 4 is 28.5 Å². The summed E-state index contributed by atoms with van der Waals surface area (Å²) < 4.78 is 6.74. The molecule has 2 amide bonds. The van der Waals surface area contributed by atoms with Crippen LogP contribution < -0.4 is 16.4 Å². The Bertz CT molecular complexity index is 940. The summed E-state index contributed by atoms with van der Waals surface area (Å²) in [6, 6.07) is 12.5. The van der Waals surface area contributed by atoms with Crippen LogP contribution in [0.2, 0.25) is 0 Å². The third kappa shape index (κ3) is 3.03. The summed E-state index contributed by atoms with van der Waals surface area (Å²) in [7, 11) is 0. The molecule has 2 aromatic carbocycles. The standard InChI is InChI=1S/C18H19N3O3/c1-3-12-7-5-6-8-14(12)20-17(22)19-13-9-10-15-16(11-13)24-18(23)21(15)4-2/h5-11H,3-4H2,1-2H3,(H2,19,20,22). The van der Waals surface area contributed by atoms with Crippen LogP contribution in [-0.4, -0.2) is 10.6 Å². The van der Waals surface area contributed by atoms with Crippen molar-refractivity contribution in [1.82, 2.24) is 4.57 Å². The molecule has 0 fully saturated rings. The molecule has 3 rings (SSSR count). The first-order valence-electron chi connectivity index (χ1n) is 7.91. The van der Waals surface area contributed by atoms with Gasteiger partial charge in [-0.15, -0.1) is 0 Å². The van der Waals surface area contributed by atoms with Crippen molar-refractivity contribution in [3.05, 3.63) is 58.6 Å². The Kier molecular flexibility index (Phi) is 4.37. The third-order valence-corrected chi connectivity index (χ3v) is 3.89. The molecule has 0 aliphatic heterocycles. The number of aromatic nitrogens is 1. The van der Waals surface area contributed by atoms with E-state index in [1.807, 2.05) is 38.1 Å². The van der Waals surface area contributed by atoms with E-state index in [-0.39, 0.29) is 6.03 Å². The summed E-state index contributed by atoms with van der Waals surface area (Å²) >= 11 is 0. The molecule has 6 heteroatoms. The lowest BCUT2D eigenvalue weighted by Gasteiger charge is -2.11. The van der Waals surface area contributed by atoms with Crippen LogP contribution in [0.3, 0.4) is 0 Å². The number of nitrogens with one attached hydrogen (secondary N) is 2. The molecule has 0 saturated carbocycles. The average Bonchev–Trinajstić information content (AvgIpc) is 2.89. The summed E-state index contributed by atoms with van der Waals surface area (Å²) in [6.07, 6.45) is 0.831. The van der Waals surface area contributed by atoms with Gasteiger partial charge >= 0.3 is 11.8 Å². The second-order valence-electron chi connectivity index (χ2n) is 5.38. The van der Waals surface area contributed by atoms with E-state index in [0.29, 0.717) is 23.3 Å². The zero-order chi connectivity index (χ0) is 17.1. The van der Waals surface area contributed by atoms with Gasteiger partial charge in [-0.25, -0.2) is 9.59 Å². The van der Waals surface area contributed by atoms with Crippen molar-refractivity contribution in [2.75, 3.05) is 10.6 Å². The lowest BCUT2D eigenvalue weighted by molar-refractivity contribution is 0.262. The van der Waals surface area contributed by atoms with E-state index < -0.39 is 5.76 Å². The molecule has 0 spiro atoms. The highest BCUT2D eigenvalue weighted by Crippen LogP contribution is 2.20. The molecule has 1 aromatic heterocycles. The van der Waals surface area contributed by atoms with Crippen LogP contribution in [0.4, 0.5) is 16.2 Å². The minimum absolute atomic E-state index is 0.340. The van der Waals surface area contributed by atoms with Gasteiger partial charge in [0.05, 0.1) is 5.52 Å². The molecule has 1 heterocycles. The van der Waals surface area contributed by atoms with Gasteiger partial charge in [-0.3, -0.25) is 4.57 Å². The fraction of sp³-hybridized carbons (Fsp3) is 0.222. The number of aryl methyl sites for hydroxylation is 2. The molecule has 2 N–H and O–H groups in total. The van der Waals surface area contributed by atoms with Gasteiger partial charge < -0.3 is 15.1 Å². The minimum Gasteiger partial charge on any atom is -0.408 e. The molecule has 6 nitrogen and oxygen atoms in total. The second kappa shape index (κ2) is 6.62. The topological polar surface area (TPSA) is 76.3 Å². The van der Waals surface area contributed by atoms with Crippen LogP contribution in [0.1, 0.15) is 19.4 Å². The minimum atomic E-state index is -0.397. The Morgan fingerprint density at radius 1 is 1.12 bits per heavy atom. The van der Waals surface area contributed by atoms with Gasteiger partial charge in [0.15, 0.2) is 5.58 Å². The SMILES string of the molecule is CCc1ccccc1NC(=O)Nc1ccc2c(c1)oc(=O)n2CC. The predicted molar refractivity (Wildman–Crippen MR) is 94.6 cm³/mol. The fourth-order valence-electron chi connectivity index (χ4n) is 2.68. The van der Waals surface area contributed by atoms with E-state index in [1.165, 1.54) is 4.57 Å². The summed E-state index contributed by atoms with van der Waals surface area (Å²) in [4.78, 5) is 23.9. The van der Waals surface area contributed by atoms with Crippen molar-refractivity contribution in [2.45, 2.75) is 26.8 Å². The molecular formula is C18H19N3O3. The van der Waals surface area contributed by atoms with E-state index in [4.69, 9.17) is 4.42 Å². The van der Waals surface area contributed by atoms with Gasteiger partial charge in [0, 0.05) is 24.0 Å². The molecule has 0 saturated heterocycles. The lowest BCUT2D eigenvalue weighted by Crippen LogP contribution is -2.20. The number of benzene rings is 2. The molecule has 3 aromatic rings. The number of hydrogen-bond acceptors (Lipinski definition) is 3. The maximum absolute atomic E-state index is 12.2. The molecule has 0 aliphatic carbocycles. The van der Waals surface area contributed by atoms with E-state index in [1.54, 1.807) is 18.2 Å². The first-order chi connectivity index (χ1) is 11.6. The van der Waals surface area contributed by atoms with E-state index in [0.717, 1.165) is 17.7 Å². The number of para-hydroxylation sites is 1. The van der Waals surface area contributed by atoms with Crippen LogP contribution in [0.5, 0.6) is 0 Å². The third-order valence-electron chi connectivity index (χ3n) is 3.89. The van der Waals surface area contributed by atoms with Crippen molar-refractivity contribution in [3.8, 4) is 0 Å². The smallest absolute Gasteiger partial charge is 0.408 e. The summed E-state index contributed by atoms with van der Waals surface area (Å²) in [5.74, 6) is -0.397. The van der Waals surface area contributed by atoms with Gasteiger partial charge in [0.1, 0.15) is 0 Å². The molecule has 124 valence electrons. The van der Waals surface area contributed by atoms with Crippen LogP contribution in [0.15, 0.2) is 51.7 Å². The molecule has 0 bridgehead atoms. The van der Waals surface area contributed by atoms with Crippen molar-refractivity contribution in [2.24, 2.45) is 0 Å². The summed E-state index contributed by atoms with van der Waals surface area (Å²) in [5.41, 5.74) is 3.57. The number of oxazole rings is 1. The Balaban J connectivity index is 1.79. The van der Waals surface area contributed by atoms with Gasteiger partial charge in [-0.05, 0) is 37.1 Å². The van der Waals surface area contributed by atoms with Crippen molar-refractivity contribution < 1.29 is 9.21 Å². The number of fused-ring (bicyclic) bond motifs is 1. The van der Waals surface area contributed by atoms with E-state index in [9.17, 15) is 9.59 Å². The van der Waals surface area contributed by atoms with Crippen molar-refractivity contribution in [1.29, 1.82) is 0 Å². The number of urea groups is 1. The fourth-order valence-corrected chi connectivity index (χ4v) is 2.68. The number of amides is 2. The number of carbonyl (C=O) groups excluding carboxylic acids is 1. The largest absolute Gasteiger partial charge is 0.419 e. The van der Waals surface area contributed by atoms with Crippen LogP contribution >= 0.6 is 0 Å². The Labute approximate surface area is 139 Å². The highest BCUT2D eigenvalue weighted by Gasteiger charge is 2.10. The zero-order valence-electron chi connectivity index (χ0n) is 13.6. The van der Waals surface area contributed by atoms with E-state index in [2.05, 4.69) is 10.6 Å². The number of rotatable bonds is 4. The van der Waals surface area contributed by atoms with Crippen LogP contribution in [0.25, 0.3) is 11.1 Å². The Morgan fingerprint density at radius 3 is 2.67 bits per heavy atom. The number of anilines is 2. The normalized spacial score (nSPS) is 10.8. The molecule has 24 heavy (non-hydrogen) atoms. The van der Waals surface area contributed by atoms with Gasteiger partial charge in [0.2, 0.25) is 0 Å². The highest BCUT2D eigenvalue weighted by molar-refractivity contribution is 6.01. The molecule has 0 unspecified atom stereocenters. The maximum Gasteiger partial charge on any atom is 0.419 e. The molecule has 0 atom stereocenters. The lowest BCUT2D eigenvalue weighted by atomic mass is 10.1. The summed E-state index contributed by atoms with van der Waals surface area (Å²) in [5, 5.41) is 5.60. The van der Waals surface area contributed by atoms with Gasteiger partial charge in [-0.1, -0.05) is 25.1 Å². The molecular weight excluding hydrogens is 306 g/mol.